The van der Waals surface area contributed by atoms with Gasteiger partial charge in [0.15, 0.2) is 0 Å². The second-order valence-electron chi connectivity index (χ2n) is 2.98. The van der Waals surface area contributed by atoms with Gasteiger partial charge in [0.1, 0.15) is 5.71 Å². The monoisotopic (exact) mass is 240 g/mol. The van der Waals surface area contributed by atoms with Crippen LogP contribution < -0.4 is 0 Å². The molecule has 0 aromatic carbocycles. The first kappa shape index (κ1) is 12.3. The highest BCUT2D eigenvalue weighted by molar-refractivity contribution is 7.12. The average molecular weight is 240 g/mol. The number of carbonyl (C=O) groups is 1. The van der Waals surface area contributed by atoms with Crippen molar-refractivity contribution in [2.75, 3.05) is 13.1 Å². The summed E-state index contributed by atoms with van der Waals surface area (Å²) in [4.78, 5) is 12.7. The SMILES string of the molecule is C=CCN(C/C(=N/O)c1cccs1)C(=O)O. The number of carboxylic acid groups (broad SMARTS) is 1. The van der Waals surface area contributed by atoms with E-state index >= 15 is 0 Å². The zero-order chi connectivity index (χ0) is 12.0. The average Bonchev–Trinajstić information content (AvgIpc) is 2.77. The zero-order valence-corrected chi connectivity index (χ0v) is 9.35. The number of oxime groups is 1. The minimum Gasteiger partial charge on any atom is -0.465 e. The van der Waals surface area contributed by atoms with Crippen molar-refractivity contribution in [3.8, 4) is 0 Å². The van der Waals surface area contributed by atoms with Gasteiger partial charge in [-0.15, -0.1) is 17.9 Å². The van der Waals surface area contributed by atoms with Crippen molar-refractivity contribution in [2.24, 2.45) is 5.16 Å². The van der Waals surface area contributed by atoms with E-state index in [1.165, 1.54) is 17.4 Å². The molecule has 1 rings (SSSR count). The van der Waals surface area contributed by atoms with Crippen molar-refractivity contribution in [1.29, 1.82) is 0 Å². The van der Waals surface area contributed by atoms with Crippen LogP contribution in [0.3, 0.4) is 0 Å². The van der Waals surface area contributed by atoms with Gasteiger partial charge in [-0.3, -0.25) is 4.90 Å². The van der Waals surface area contributed by atoms with E-state index in [1.54, 1.807) is 6.07 Å². The van der Waals surface area contributed by atoms with E-state index in [0.29, 0.717) is 5.71 Å². The van der Waals surface area contributed by atoms with E-state index in [2.05, 4.69) is 11.7 Å². The van der Waals surface area contributed by atoms with Crippen LogP contribution in [0.4, 0.5) is 4.79 Å². The van der Waals surface area contributed by atoms with Crippen LogP contribution in [0.25, 0.3) is 0 Å². The van der Waals surface area contributed by atoms with E-state index in [-0.39, 0.29) is 13.1 Å². The number of nitrogens with zero attached hydrogens (tertiary/aromatic N) is 2. The fraction of sp³-hybridized carbons (Fsp3) is 0.200. The Bertz CT molecular complexity index is 387. The highest BCUT2D eigenvalue weighted by atomic mass is 32.1. The summed E-state index contributed by atoms with van der Waals surface area (Å²) in [5, 5.41) is 22.7. The van der Waals surface area contributed by atoms with Gasteiger partial charge in [0, 0.05) is 6.54 Å². The lowest BCUT2D eigenvalue weighted by Gasteiger charge is -2.16. The largest absolute Gasteiger partial charge is 0.465 e. The fourth-order valence-corrected chi connectivity index (χ4v) is 1.85. The summed E-state index contributed by atoms with van der Waals surface area (Å²) in [5.41, 5.74) is 0.333. The van der Waals surface area contributed by atoms with Crippen molar-refractivity contribution < 1.29 is 15.1 Å². The first-order chi connectivity index (χ1) is 7.69. The molecular weight excluding hydrogens is 228 g/mol. The molecule has 0 bridgehead atoms. The van der Waals surface area contributed by atoms with Crippen LogP contribution >= 0.6 is 11.3 Å². The molecule has 86 valence electrons. The maximum atomic E-state index is 10.9. The quantitative estimate of drug-likeness (QED) is 0.358. The molecule has 0 radical (unpaired) electrons. The van der Waals surface area contributed by atoms with Crippen LogP contribution in [-0.4, -0.2) is 40.1 Å². The number of rotatable bonds is 5. The molecule has 0 aliphatic heterocycles. The van der Waals surface area contributed by atoms with Gasteiger partial charge in [0.2, 0.25) is 0 Å². The minimum atomic E-state index is -1.07. The molecule has 6 heteroatoms. The van der Waals surface area contributed by atoms with Crippen LogP contribution in [-0.2, 0) is 0 Å². The van der Waals surface area contributed by atoms with Gasteiger partial charge in [-0.05, 0) is 11.4 Å². The van der Waals surface area contributed by atoms with Gasteiger partial charge < -0.3 is 10.3 Å². The number of thiophene rings is 1. The van der Waals surface area contributed by atoms with Gasteiger partial charge in [-0.2, -0.15) is 0 Å². The topological polar surface area (TPSA) is 73.1 Å². The van der Waals surface area contributed by atoms with E-state index < -0.39 is 6.09 Å². The predicted octanol–water partition coefficient (Wildman–Crippen LogP) is 2.09. The van der Waals surface area contributed by atoms with Crippen LogP contribution in [0.15, 0.2) is 35.3 Å². The molecule has 0 fully saturated rings. The zero-order valence-electron chi connectivity index (χ0n) is 8.54. The van der Waals surface area contributed by atoms with Crippen LogP contribution in [0.1, 0.15) is 4.88 Å². The third kappa shape index (κ3) is 3.09. The normalized spacial score (nSPS) is 11.1. The Kier molecular flexibility index (Phi) is 4.53. The molecule has 0 atom stereocenters. The van der Waals surface area contributed by atoms with Crippen molar-refractivity contribution in [1.82, 2.24) is 4.90 Å². The van der Waals surface area contributed by atoms with Gasteiger partial charge >= 0.3 is 6.09 Å². The first-order valence-electron chi connectivity index (χ1n) is 4.52. The maximum absolute atomic E-state index is 10.9. The number of hydrogen-bond donors (Lipinski definition) is 2. The molecule has 1 aromatic heterocycles. The van der Waals surface area contributed by atoms with Gasteiger partial charge in [0.25, 0.3) is 0 Å². The highest BCUT2D eigenvalue weighted by Crippen LogP contribution is 2.11. The van der Waals surface area contributed by atoms with Crippen molar-refractivity contribution in [3.05, 3.63) is 35.0 Å². The summed E-state index contributed by atoms with van der Waals surface area (Å²) in [6.07, 6.45) is 0.412. The Hall–Kier alpha value is -1.82. The Balaban J connectivity index is 2.76. The van der Waals surface area contributed by atoms with E-state index in [1.807, 2.05) is 11.4 Å². The second kappa shape index (κ2) is 5.92. The number of amides is 1. The fourth-order valence-electron chi connectivity index (χ4n) is 1.15. The third-order valence-electron chi connectivity index (χ3n) is 1.89. The Morgan fingerprint density at radius 3 is 2.88 bits per heavy atom. The highest BCUT2D eigenvalue weighted by Gasteiger charge is 2.15. The molecule has 0 saturated heterocycles. The van der Waals surface area contributed by atoms with Gasteiger partial charge in [-0.25, -0.2) is 4.79 Å². The Labute approximate surface area is 96.9 Å². The smallest absolute Gasteiger partial charge is 0.407 e. The Morgan fingerprint density at radius 2 is 2.44 bits per heavy atom. The molecule has 5 nitrogen and oxygen atoms in total. The molecular formula is C10H12N2O3S. The molecule has 0 spiro atoms. The molecule has 1 aromatic rings. The summed E-state index contributed by atoms with van der Waals surface area (Å²) in [6.45, 7) is 3.71. The Morgan fingerprint density at radius 1 is 1.69 bits per heavy atom. The van der Waals surface area contributed by atoms with Crippen LogP contribution in [0, 0.1) is 0 Å². The van der Waals surface area contributed by atoms with Crippen molar-refractivity contribution in [3.63, 3.8) is 0 Å². The molecule has 0 unspecified atom stereocenters. The summed E-state index contributed by atoms with van der Waals surface area (Å²) in [6, 6.07) is 3.58. The molecule has 16 heavy (non-hydrogen) atoms. The second-order valence-corrected chi connectivity index (χ2v) is 3.92. The summed E-state index contributed by atoms with van der Waals surface area (Å²) in [5.74, 6) is 0. The number of hydrogen-bond acceptors (Lipinski definition) is 4. The maximum Gasteiger partial charge on any atom is 0.407 e. The van der Waals surface area contributed by atoms with Gasteiger partial charge in [0.05, 0.1) is 11.4 Å². The summed E-state index contributed by atoms with van der Waals surface area (Å²) < 4.78 is 0. The van der Waals surface area contributed by atoms with E-state index in [0.717, 1.165) is 9.78 Å². The summed E-state index contributed by atoms with van der Waals surface area (Å²) in [7, 11) is 0. The lowest BCUT2D eigenvalue weighted by atomic mass is 10.3. The molecule has 1 amide bonds. The molecule has 1 heterocycles. The third-order valence-corrected chi connectivity index (χ3v) is 2.81. The lowest BCUT2D eigenvalue weighted by molar-refractivity contribution is 0.156. The van der Waals surface area contributed by atoms with E-state index in [9.17, 15) is 4.79 Å². The standard InChI is InChI=1S/C10H12N2O3S/c1-2-5-12(10(13)14)7-8(11-15)9-4-3-6-16-9/h2-4,6,15H,1,5,7H2,(H,13,14)/b11-8-. The molecule has 2 N–H and O–H groups in total. The summed E-state index contributed by atoms with van der Waals surface area (Å²) >= 11 is 1.39. The lowest BCUT2D eigenvalue weighted by Crippen LogP contribution is -2.34. The van der Waals surface area contributed by atoms with Gasteiger partial charge in [-0.1, -0.05) is 17.3 Å². The molecule has 0 aliphatic carbocycles. The van der Waals surface area contributed by atoms with Crippen LogP contribution in [0.5, 0.6) is 0 Å². The van der Waals surface area contributed by atoms with Crippen molar-refractivity contribution in [2.45, 2.75) is 0 Å². The minimum absolute atomic E-state index is 0.0400. The van der Waals surface area contributed by atoms with Crippen molar-refractivity contribution >= 4 is 23.1 Å². The van der Waals surface area contributed by atoms with E-state index in [4.69, 9.17) is 10.3 Å². The van der Waals surface area contributed by atoms with Crippen LogP contribution in [0.2, 0.25) is 0 Å². The first-order valence-corrected chi connectivity index (χ1v) is 5.40. The predicted molar refractivity (Wildman–Crippen MR) is 62.4 cm³/mol. The molecule has 0 aliphatic rings. The molecule has 0 saturated carbocycles.